The summed E-state index contributed by atoms with van der Waals surface area (Å²) in [5.41, 5.74) is 11.1. The molecule has 5 N–H and O–H groups in total. The highest BCUT2D eigenvalue weighted by Gasteiger charge is 2.49. The molecular formula is C24H32ClN5O5S. The van der Waals surface area contributed by atoms with E-state index in [0.29, 0.717) is 24.5 Å². The number of hydrogen-bond donors (Lipinski definition) is 3. The first-order valence-corrected chi connectivity index (χ1v) is 13.5. The predicted octanol–water partition coefficient (Wildman–Crippen LogP) is 1.60. The number of piperazine rings is 1. The highest BCUT2D eigenvalue weighted by Crippen LogP contribution is 2.24. The molecule has 1 amide bonds. The van der Waals surface area contributed by atoms with Gasteiger partial charge in [-0.3, -0.25) is 9.59 Å². The van der Waals surface area contributed by atoms with E-state index in [1.54, 1.807) is 43.3 Å². The van der Waals surface area contributed by atoms with E-state index in [0.717, 1.165) is 11.3 Å². The van der Waals surface area contributed by atoms with Gasteiger partial charge in [0, 0.05) is 36.9 Å². The first kappa shape index (κ1) is 27.9. The molecule has 0 aliphatic carbocycles. The Morgan fingerprint density at radius 1 is 1.08 bits per heavy atom. The first-order valence-electron chi connectivity index (χ1n) is 11.7. The summed E-state index contributed by atoms with van der Waals surface area (Å²) < 4.78 is 35.3. The van der Waals surface area contributed by atoms with Crippen molar-refractivity contribution in [2.75, 3.05) is 31.1 Å². The second kappa shape index (κ2) is 12.0. The van der Waals surface area contributed by atoms with E-state index in [9.17, 15) is 18.0 Å². The van der Waals surface area contributed by atoms with Crippen LogP contribution in [0.1, 0.15) is 25.3 Å². The van der Waals surface area contributed by atoms with Gasteiger partial charge in [0.05, 0.1) is 5.92 Å². The molecule has 0 aromatic heterocycles. The molecule has 1 fully saturated rings. The summed E-state index contributed by atoms with van der Waals surface area (Å²) >= 11 is 5.94. The van der Waals surface area contributed by atoms with Crippen molar-refractivity contribution in [3.63, 3.8) is 0 Å². The monoisotopic (exact) mass is 537 g/mol. The molecule has 12 heteroatoms. The van der Waals surface area contributed by atoms with E-state index in [4.69, 9.17) is 27.8 Å². The molecule has 2 aromatic carbocycles. The number of nitrogens with one attached hydrogen (secondary N) is 1. The Bertz CT molecular complexity index is 1140. The zero-order valence-electron chi connectivity index (χ0n) is 20.1. The summed E-state index contributed by atoms with van der Waals surface area (Å²) in [7, 11) is -4.26. The quantitative estimate of drug-likeness (QED) is 0.291. The third-order valence-electron chi connectivity index (χ3n) is 6.11. The largest absolute Gasteiger partial charge is 0.460 e. The van der Waals surface area contributed by atoms with Crippen molar-refractivity contribution in [2.45, 2.75) is 32.0 Å². The Balaban J connectivity index is 1.72. The average molecular weight is 538 g/mol. The van der Waals surface area contributed by atoms with Crippen molar-refractivity contribution in [1.82, 2.24) is 9.03 Å². The van der Waals surface area contributed by atoms with Crippen LogP contribution in [0.5, 0.6) is 0 Å². The molecule has 10 nitrogen and oxygen atoms in total. The van der Waals surface area contributed by atoms with E-state index in [1.165, 1.54) is 4.31 Å². The summed E-state index contributed by atoms with van der Waals surface area (Å²) in [6.07, 6.45) is 0.540. The minimum Gasteiger partial charge on any atom is -0.460 e. The number of primary amides is 1. The van der Waals surface area contributed by atoms with Crippen LogP contribution in [0.4, 0.5) is 5.69 Å². The van der Waals surface area contributed by atoms with Crippen LogP contribution in [0.25, 0.3) is 0 Å². The SMILES string of the molecule is CCCC(C(=O)OCc1ccccc1)[C@@](N)(NS(=O)(=O)N1CCN(c2ccc(Cl)cc2)CC1)C(N)=O. The Kier molecular flexibility index (Phi) is 9.31. The molecule has 0 bridgehead atoms. The lowest BCUT2D eigenvalue weighted by Crippen LogP contribution is -2.71. The van der Waals surface area contributed by atoms with Gasteiger partial charge in [0.2, 0.25) is 0 Å². The molecular weight excluding hydrogens is 506 g/mol. The molecule has 1 saturated heterocycles. The number of anilines is 1. The van der Waals surface area contributed by atoms with E-state index in [1.807, 2.05) is 23.1 Å². The molecule has 1 aliphatic rings. The maximum atomic E-state index is 13.2. The van der Waals surface area contributed by atoms with Crippen molar-refractivity contribution in [3.8, 4) is 0 Å². The van der Waals surface area contributed by atoms with Gasteiger partial charge in [0.15, 0.2) is 5.66 Å². The molecule has 0 spiro atoms. The van der Waals surface area contributed by atoms with Gasteiger partial charge in [-0.05, 0) is 36.2 Å². The Hall–Kier alpha value is -2.70. The summed E-state index contributed by atoms with van der Waals surface area (Å²) in [6, 6.07) is 16.2. The Morgan fingerprint density at radius 2 is 1.69 bits per heavy atom. The van der Waals surface area contributed by atoms with Crippen molar-refractivity contribution in [1.29, 1.82) is 0 Å². The van der Waals surface area contributed by atoms with Crippen LogP contribution in [0.2, 0.25) is 5.02 Å². The van der Waals surface area contributed by atoms with Gasteiger partial charge in [0.25, 0.3) is 16.1 Å². The molecule has 0 radical (unpaired) electrons. The van der Waals surface area contributed by atoms with Gasteiger partial charge in [-0.2, -0.15) is 17.4 Å². The molecule has 1 heterocycles. The highest BCUT2D eigenvalue weighted by molar-refractivity contribution is 7.87. The number of carbonyl (C=O) groups excluding carboxylic acids is 2. The van der Waals surface area contributed by atoms with Crippen molar-refractivity contribution >= 4 is 39.4 Å². The number of carbonyl (C=O) groups is 2. The van der Waals surface area contributed by atoms with E-state index in [-0.39, 0.29) is 26.1 Å². The van der Waals surface area contributed by atoms with Gasteiger partial charge in [-0.25, -0.2) is 0 Å². The fourth-order valence-corrected chi connectivity index (χ4v) is 5.63. The maximum Gasteiger partial charge on any atom is 0.313 e. The lowest BCUT2D eigenvalue weighted by Gasteiger charge is -2.39. The number of nitrogens with two attached hydrogens (primary N) is 2. The second-order valence-corrected chi connectivity index (χ2v) is 10.7. The van der Waals surface area contributed by atoms with Gasteiger partial charge >= 0.3 is 5.97 Å². The van der Waals surface area contributed by atoms with Crippen LogP contribution in [0.3, 0.4) is 0 Å². The minimum absolute atomic E-state index is 0.0475. The van der Waals surface area contributed by atoms with E-state index in [2.05, 4.69) is 4.72 Å². The highest BCUT2D eigenvalue weighted by atomic mass is 35.5. The van der Waals surface area contributed by atoms with E-state index >= 15 is 0 Å². The first-order chi connectivity index (χ1) is 17.1. The molecule has 1 unspecified atom stereocenters. The van der Waals surface area contributed by atoms with Gasteiger partial charge in [-0.15, -0.1) is 0 Å². The number of esters is 1. The molecule has 2 aromatic rings. The maximum absolute atomic E-state index is 13.2. The Morgan fingerprint density at radius 3 is 2.25 bits per heavy atom. The number of rotatable bonds is 11. The molecule has 36 heavy (non-hydrogen) atoms. The Labute approximate surface area is 216 Å². The van der Waals surface area contributed by atoms with Crippen LogP contribution in [-0.4, -0.2) is 56.4 Å². The normalized spacial score (nSPS) is 17.2. The van der Waals surface area contributed by atoms with Crippen LogP contribution in [-0.2, 0) is 31.1 Å². The topological polar surface area (TPSA) is 148 Å². The van der Waals surface area contributed by atoms with Crippen LogP contribution in [0, 0.1) is 5.92 Å². The summed E-state index contributed by atoms with van der Waals surface area (Å²) in [5.74, 6) is -3.29. The smallest absolute Gasteiger partial charge is 0.313 e. The summed E-state index contributed by atoms with van der Waals surface area (Å²) in [5, 5.41) is 0.610. The second-order valence-electron chi connectivity index (χ2n) is 8.64. The molecule has 3 rings (SSSR count). The molecule has 0 saturated carbocycles. The third kappa shape index (κ3) is 6.74. The zero-order chi connectivity index (χ0) is 26.3. The number of ether oxygens (including phenoxy) is 1. The van der Waals surface area contributed by atoms with Crippen LogP contribution < -0.4 is 21.1 Å². The third-order valence-corrected chi connectivity index (χ3v) is 8.00. The molecule has 2 atom stereocenters. The van der Waals surface area contributed by atoms with E-state index < -0.39 is 33.7 Å². The van der Waals surface area contributed by atoms with Crippen molar-refractivity contribution in [3.05, 3.63) is 65.2 Å². The fraction of sp³-hybridized carbons (Fsp3) is 0.417. The summed E-state index contributed by atoms with van der Waals surface area (Å²) in [4.78, 5) is 27.5. The average Bonchev–Trinajstić information content (AvgIpc) is 2.86. The number of amides is 1. The van der Waals surface area contributed by atoms with Gasteiger partial charge in [-0.1, -0.05) is 55.3 Å². The number of nitrogens with zero attached hydrogens (tertiary/aromatic N) is 2. The number of halogens is 1. The van der Waals surface area contributed by atoms with Crippen molar-refractivity contribution in [2.24, 2.45) is 17.4 Å². The number of hydrogen-bond acceptors (Lipinski definition) is 7. The van der Waals surface area contributed by atoms with Crippen LogP contribution in [0.15, 0.2) is 54.6 Å². The fourth-order valence-electron chi connectivity index (χ4n) is 4.06. The molecule has 1 aliphatic heterocycles. The molecule has 196 valence electrons. The summed E-state index contributed by atoms with van der Waals surface area (Å²) in [6.45, 7) is 2.84. The van der Waals surface area contributed by atoms with Crippen molar-refractivity contribution < 1.29 is 22.7 Å². The van der Waals surface area contributed by atoms with Gasteiger partial charge < -0.3 is 21.1 Å². The zero-order valence-corrected chi connectivity index (χ0v) is 21.7. The standard InChI is InChI=1S/C24H32ClN5O5S/c1-2-6-21(22(31)35-17-18-7-4-3-5-8-18)24(27,23(26)32)28-36(33,34)30-15-13-29(14-16-30)20-11-9-19(25)10-12-20/h3-5,7-12,21,28H,2,6,13-17,27H2,1H3,(H2,26,32)/t21?,24-/m1/s1. The van der Waals surface area contributed by atoms with Gasteiger partial charge in [0.1, 0.15) is 6.61 Å². The van der Waals surface area contributed by atoms with Crippen LogP contribution >= 0.6 is 11.6 Å². The number of benzene rings is 2. The lowest BCUT2D eigenvalue weighted by atomic mass is 9.89. The minimum atomic E-state index is -4.26. The predicted molar refractivity (Wildman–Crippen MR) is 138 cm³/mol. The lowest BCUT2D eigenvalue weighted by molar-refractivity contribution is -0.155.